The molecule has 0 saturated carbocycles. The van der Waals surface area contributed by atoms with Crippen molar-refractivity contribution in [2.45, 2.75) is 50.4 Å². The van der Waals surface area contributed by atoms with Crippen molar-refractivity contribution < 1.29 is 19.1 Å². The first-order chi connectivity index (χ1) is 13.6. The number of esters is 2. The number of carbonyl (C=O) groups excluding carboxylic acids is 2. The van der Waals surface area contributed by atoms with Crippen LogP contribution in [0, 0.1) is 0 Å². The maximum absolute atomic E-state index is 12.1. The summed E-state index contributed by atoms with van der Waals surface area (Å²) in [5.41, 5.74) is 0.856. The lowest BCUT2D eigenvalue weighted by atomic mass is 10.2. The summed E-state index contributed by atoms with van der Waals surface area (Å²) in [4.78, 5) is 24.1. The average Bonchev–Trinajstić information content (AvgIpc) is 2.71. The predicted molar refractivity (Wildman–Crippen MR) is 116 cm³/mol. The van der Waals surface area contributed by atoms with E-state index in [4.69, 9.17) is 9.47 Å². The molecular formula is C22H26O4S2. The summed E-state index contributed by atoms with van der Waals surface area (Å²) in [7, 11) is 2.78. The van der Waals surface area contributed by atoms with Gasteiger partial charge in [-0.1, -0.05) is 74.5 Å². The van der Waals surface area contributed by atoms with Crippen molar-refractivity contribution in [3.63, 3.8) is 0 Å². The minimum atomic E-state index is -0.471. The van der Waals surface area contributed by atoms with Crippen LogP contribution in [0.5, 0.6) is 0 Å². The number of hydrogen-bond donors (Lipinski definition) is 0. The molecule has 28 heavy (non-hydrogen) atoms. The molecule has 0 radical (unpaired) electrons. The van der Waals surface area contributed by atoms with E-state index in [1.807, 2.05) is 74.5 Å². The molecule has 2 aromatic carbocycles. The fourth-order valence-corrected chi connectivity index (χ4v) is 4.91. The molecule has 0 aliphatic carbocycles. The summed E-state index contributed by atoms with van der Waals surface area (Å²) in [6, 6.07) is 19.2. The summed E-state index contributed by atoms with van der Waals surface area (Å²) in [5, 5.41) is 0. The maximum Gasteiger partial charge on any atom is 0.307 e. The molecule has 0 aliphatic heterocycles. The largest absolute Gasteiger partial charge is 0.445 e. The van der Waals surface area contributed by atoms with Crippen molar-refractivity contribution >= 4 is 33.5 Å². The van der Waals surface area contributed by atoms with Gasteiger partial charge in [-0.15, -0.1) is 0 Å². The van der Waals surface area contributed by atoms with E-state index in [-0.39, 0.29) is 11.9 Å². The molecule has 2 atom stereocenters. The zero-order valence-corrected chi connectivity index (χ0v) is 17.8. The molecule has 4 nitrogen and oxygen atoms in total. The zero-order valence-electron chi connectivity index (χ0n) is 16.2. The first-order valence-electron chi connectivity index (χ1n) is 9.45. The van der Waals surface area contributed by atoms with Crippen molar-refractivity contribution in [1.82, 2.24) is 0 Å². The van der Waals surface area contributed by atoms with Crippen LogP contribution in [0.3, 0.4) is 0 Å². The zero-order chi connectivity index (χ0) is 20.2. The Balaban J connectivity index is 2.13. The fraction of sp³-hybridized carbons (Fsp3) is 0.364. The smallest absolute Gasteiger partial charge is 0.307 e. The second-order valence-corrected chi connectivity index (χ2v) is 8.55. The van der Waals surface area contributed by atoms with E-state index in [2.05, 4.69) is 0 Å². The number of ether oxygens (including phenoxy) is 2. The van der Waals surface area contributed by atoms with Gasteiger partial charge in [0.1, 0.15) is 0 Å². The lowest BCUT2D eigenvalue weighted by Crippen LogP contribution is -2.10. The van der Waals surface area contributed by atoms with Gasteiger partial charge in [0.05, 0.1) is 0 Å². The van der Waals surface area contributed by atoms with E-state index < -0.39 is 10.9 Å². The van der Waals surface area contributed by atoms with Gasteiger partial charge in [0.2, 0.25) is 0 Å². The van der Waals surface area contributed by atoms with E-state index in [9.17, 15) is 9.59 Å². The minimum absolute atomic E-state index is 0.233. The van der Waals surface area contributed by atoms with E-state index in [0.717, 1.165) is 24.0 Å². The van der Waals surface area contributed by atoms with Crippen LogP contribution in [-0.4, -0.2) is 11.9 Å². The summed E-state index contributed by atoms with van der Waals surface area (Å²) < 4.78 is 11.4. The third-order valence-corrected chi connectivity index (χ3v) is 6.34. The van der Waals surface area contributed by atoms with Crippen LogP contribution in [0.15, 0.2) is 60.7 Å². The highest BCUT2D eigenvalue weighted by Gasteiger charge is 2.23. The Kier molecular flexibility index (Phi) is 10.0. The molecule has 0 N–H and O–H groups in total. The van der Waals surface area contributed by atoms with Gasteiger partial charge >= 0.3 is 11.9 Å². The van der Waals surface area contributed by atoms with Crippen LogP contribution >= 0.6 is 21.6 Å². The Labute approximate surface area is 174 Å². The molecule has 0 fully saturated rings. The van der Waals surface area contributed by atoms with Crippen molar-refractivity contribution in [3.05, 3.63) is 71.8 Å². The number of benzene rings is 2. The fourth-order valence-electron chi connectivity index (χ4n) is 2.37. The maximum atomic E-state index is 12.1. The highest BCUT2D eigenvalue weighted by molar-refractivity contribution is 8.76. The van der Waals surface area contributed by atoms with Crippen molar-refractivity contribution in [3.8, 4) is 0 Å². The van der Waals surface area contributed by atoms with Crippen LogP contribution in [0.25, 0.3) is 0 Å². The molecule has 0 aromatic heterocycles. The normalized spacial score (nSPS) is 12.8. The van der Waals surface area contributed by atoms with Gasteiger partial charge in [-0.3, -0.25) is 9.59 Å². The molecule has 0 bridgehead atoms. The molecule has 0 spiro atoms. The quantitative estimate of drug-likeness (QED) is 0.237. The van der Waals surface area contributed by atoms with E-state index in [0.29, 0.717) is 12.8 Å². The summed E-state index contributed by atoms with van der Waals surface area (Å²) in [5.74, 6) is -0.465. The molecule has 6 heteroatoms. The summed E-state index contributed by atoms with van der Waals surface area (Å²) in [6.07, 6.45) is 2.23. The van der Waals surface area contributed by atoms with Gasteiger partial charge in [-0.05, 0) is 34.4 Å². The summed E-state index contributed by atoms with van der Waals surface area (Å²) >= 11 is 0. The molecule has 2 unspecified atom stereocenters. The average molecular weight is 419 g/mol. The first kappa shape index (κ1) is 22.4. The minimum Gasteiger partial charge on any atom is -0.445 e. The van der Waals surface area contributed by atoms with Crippen molar-refractivity contribution in [2.24, 2.45) is 0 Å². The molecular weight excluding hydrogens is 392 g/mol. The van der Waals surface area contributed by atoms with Gasteiger partial charge < -0.3 is 9.47 Å². The van der Waals surface area contributed by atoms with Crippen molar-refractivity contribution in [2.75, 3.05) is 0 Å². The first-order valence-corrected chi connectivity index (χ1v) is 11.7. The Hall–Kier alpha value is -1.92. The SMILES string of the molecule is CCCC(=O)OC(SSC(OC(=O)CCC)c1ccccc1)c1ccccc1. The second-order valence-electron chi connectivity index (χ2n) is 6.16. The standard InChI is InChI=1S/C22H26O4S2/c1-3-11-19(23)25-21(17-13-7-5-8-14-17)27-28-22(26-20(24)12-4-2)18-15-9-6-10-16-18/h5-10,13-16,21-22H,3-4,11-12H2,1-2H3. The Morgan fingerprint density at radius 1 is 0.714 bits per heavy atom. The second kappa shape index (κ2) is 12.5. The highest BCUT2D eigenvalue weighted by Crippen LogP contribution is 2.47. The van der Waals surface area contributed by atoms with Crippen LogP contribution in [0.4, 0.5) is 0 Å². The van der Waals surface area contributed by atoms with Gasteiger partial charge in [0.15, 0.2) is 10.9 Å². The number of rotatable bonds is 11. The highest BCUT2D eigenvalue weighted by atomic mass is 33.1. The van der Waals surface area contributed by atoms with Gasteiger partial charge in [-0.2, -0.15) is 0 Å². The molecule has 0 aliphatic rings. The van der Waals surface area contributed by atoms with Crippen LogP contribution in [0.1, 0.15) is 61.5 Å². The molecule has 2 rings (SSSR count). The van der Waals surface area contributed by atoms with E-state index in [1.165, 1.54) is 21.6 Å². The molecule has 0 amide bonds. The molecule has 150 valence electrons. The monoisotopic (exact) mass is 418 g/mol. The van der Waals surface area contributed by atoms with E-state index >= 15 is 0 Å². The number of carbonyl (C=O) groups is 2. The Morgan fingerprint density at radius 3 is 1.39 bits per heavy atom. The van der Waals surface area contributed by atoms with Gasteiger partial charge in [0.25, 0.3) is 0 Å². The Bertz CT molecular complexity index is 658. The van der Waals surface area contributed by atoms with Gasteiger partial charge in [0, 0.05) is 24.0 Å². The topological polar surface area (TPSA) is 52.6 Å². The third-order valence-electron chi connectivity index (χ3n) is 3.76. The molecule has 0 heterocycles. The van der Waals surface area contributed by atoms with Crippen molar-refractivity contribution in [1.29, 1.82) is 0 Å². The lowest BCUT2D eigenvalue weighted by molar-refractivity contribution is -0.146. The molecule has 2 aromatic rings. The summed E-state index contributed by atoms with van der Waals surface area (Å²) in [6.45, 7) is 3.89. The molecule has 0 saturated heterocycles. The number of hydrogen-bond acceptors (Lipinski definition) is 6. The van der Waals surface area contributed by atoms with Crippen LogP contribution in [0.2, 0.25) is 0 Å². The van der Waals surface area contributed by atoms with Crippen LogP contribution < -0.4 is 0 Å². The van der Waals surface area contributed by atoms with Crippen LogP contribution in [-0.2, 0) is 19.1 Å². The predicted octanol–water partition coefficient (Wildman–Crippen LogP) is 6.45. The third kappa shape index (κ3) is 7.60. The Morgan fingerprint density at radius 2 is 1.07 bits per heavy atom. The van der Waals surface area contributed by atoms with Gasteiger partial charge in [-0.25, -0.2) is 0 Å². The lowest BCUT2D eigenvalue weighted by Gasteiger charge is -2.21. The van der Waals surface area contributed by atoms with E-state index in [1.54, 1.807) is 0 Å².